The first-order valence-electron chi connectivity index (χ1n) is 4.49. The summed E-state index contributed by atoms with van der Waals surface area (Å²) in [5.74, 6) is 0. The number of anilines is 1. The third kappa shape index (κ3) is 0.968. The second-order valence-corrected chi connectivity index (χ2v) is 4.12. The van der Waals surface area contributed by atoms with Gasteiger partial charge in [0.25, 0.3) is 0 Å². The van der Waals surface area contributed by atoms with E-state index in [-0.39, 0.29) is 5.54 Å². The molecule has 66 valence electrons. The predicted molar refractivity (Wildman–Crippen MR) is 56.7 cm³/mol. The van der Waals surface area contributed by atoms with Gasteiger partial charge in [-0.3, -0.25) is 0 Å². The van der Waals surface area contributed by atoms with E-state index in [0.717, 1.165) is 5.11 Å². The van der Waals surface area contributed by atoms with E-state index in [0.29, 0.717) is 0 Å². The fourth-order valence-electron chi connectivity index (χ4n) is 1.97. The molecule has 1 aromatic carbocycles. The third-order valence-corrected chi connectivity index (χ3v) is 3.00. The smallest absolute Gasteiger partial charge is 0.171 e. The van der Waals surface area contributed by atoms with Crippen LogP contribution in [0, 0.1) is 0 Å². The van der Waals surface area contributed by atoms with E-state index in [9.17, 15) is 0 Å². The monoisotopic (exact) mass is 190 g/mol. The predicted octanol–water partition coefficient (Wildman–Crippen LogP) is 1.98. The van der Waals surface area contributed by atoms with Crippen molar-refractivity contribution in [1.82, 2.24) is 5.32 Å². The van der Waals surface area contributed by atoms with Gasteiger partial charge in [-0.2, -0.15) is 0 Å². The maximum atomic E-state index is 5.15. The molecule has 2 nitrogen and oxygen atoms in total. The van der Waals surface area contributed by atoms with Gasteiger partial charge in [0.15, 0.2) is 5.11 Å². The summed E-state index contributed by atoms with van der Waals surface area (Å²) in [6.45, 7) is 0. The molecular formula is C10H10N2S. The Bertz CT molecular complexity index is 382. The highest BCUT2D eigenvalue weighted by Gasteiger charge is 2.48. The van der Waals surface area contributed by atoms with Gasteiger partial charge in [-0.25, -0.2) is 0 Å². The molecule has 2 aliphatic rings. The standard InChI is InChI=1S/C10H10N2S/c13-9-11-8-4-2-1-3-7(8)10(12-9)5-6-10/h1-4H,5-6H2,(H2,11,12,13). The Hall–Kier alpha value is -1.09. The average molecular weight is 190 g/mol. The Kier molecular flexibility index (Phi) is 1.26. The van der Waals surface area contributed by atoms with Crippen molar-refractivity contribution in [2.45, 2.75) is 18.4 Å². The minimum Gasteiger partial charge on any atom is -0.353 e. The van der Waals surface area contributed by atoms with Crippen LogP contribution in [0.1, 0.15) is 18.4 Å². The Morgan fingerprint density at radius 2 is 2.00 bits per heavy atom. The fraction of sp³-hybridized carbons (Fsp3) is 0.300. The molecule has 0 aromatic heterocycles. The molecule has 3 rings (SSSR count). The molecule has 2 N–H and O–H groups in total. The largest absolute Gasteiger partial charge is 0.353 e. The van der Waals surface area contributed by atoms with Gasteiger partial charge in [-0.15, -0.1) is 0 Å². The average Bonchev–Trinajstić information content (AvgIpc) is 2.85. The van der Waals surface area contributed by atoms with Crippen LogP contribution in [0.4, 0.5) is 5.69 Å². The van der Waals surface area contributed by atoms with Crippen molar-refractivity contribution in [3.63, 3.8) is 0 Å². The zero-order valence-corrected chi connectivity index (χ0v) is 7.95. The molecular weight excluding hydrogens is 180 g/mol. The first-order valence-corrected chi connectivity index (χ1v) is 4.90. The molecule has 1 aliphatic carbocycles. The van der Waals surface area contributed by atoms with Crippen LogP contribution in [0.5, 0.6) is 0 Å². The second kappa shape index (κ2) is 2.23. The van der Waals surface area contributed by atoms with Crippen LogP contribution in [0.15, 0.2) is 24.3 Å². The summed E-state index contributed by atoms with van der Waals surface area (Å²) in [7, 11) is 0. The van der Waals surface area contributed by atoms with Gasteiger partial charge in [-0.1, -0.05) is 18.2 Å². The summed E-state index contributed by atoms with van der Waals surface area (Å²) >= 11 is 5.15. The number of para-hydroxylation sites is 1. The molecule has 1 fully saturated rings. The van der Waals surface area contributed by atoms with Crippen LogP contribution in [0.2, 0.25) is 0 Å². The summed E-state index contributed by atoms with van der Waals surface area (Å²) in [5, 5.41) is 7.28. The van der Waals surface area contributed by atoms with Gasteiger partial charge < -0.3 is 10.6 Å². The topological polar surface area (TPSA) is 24.1 Å². The van der Waals surface area contributed by atoms with E-state index in [1.54, 1.807) is 0 Å². The maximum Gasteiger partial charge on any atom is 0.171 e. The van der Waals surface area contributed by atoms with Crippen LogP contribution in [0.3, 0.4) is 0 Å². The molecule has 13 heavy (non-hydrogen) atoms. The van der Waals surface area contributed by atoms with Crippen molar-refractivity contribution in [2.24, 2.45) is 0 Å². The molecule has 0 radical (unpaired) electrons. The lowest BCUT2D eigenvalue weighted by atomic mass is 10.0. The van der Waals surface area contributed by atoms with Gasteiger partial charge in [0, 0.05) is 11.3 Å². The van der Waals surface area contributed by atoms with Crippen molar-refractivity contribution < 1.29 is 0 Å². The lowest BCUT2D eigenvalue weighted by Gasteiger charge is -2.28. The lowest BCUT2D eigenvalue weighted by molar-refractivity contribution is 0.641. The Morgan fingerprint density at radius 1 is 1.23 bits per heavy atom. The van der Waals surface area contributed by atoms with Crippen molar-refractivity contribution in [3.8, 4) is 0 Å². The molecule has 1 saturated carbocycles. The second-order valence-electron chi connectivity index (χ2n) is 3.71. The maximum absolute atomic E-state index is 5.15. The Labute approximate surface area is 82.3 Å². The number of thiocarbonyl (C=S) groups is 1. The van der Waals surface area contributed by atoms with E-state index in [4.69, 9.17) is 12.2 Å². The SMILES string of the molecule is S=C1Nc2ccccc2C2(CC2)N1. The number of fused-ring (bicyclic) bond motifs is 2. The van der Waals surface area contributed by atoms with E-state index in [1.807, 2.05) is 6.07 Å². The van der Waals surface area contributed by atoms with E-state index >= 15 is 0 Å². The van der Waals surface area contributed by atoms with Gasteiger partial charge in [0.1, 0.15) is 0 Å². The van der Waals surface area contributed by atoms with E-state index in [1.165, 1.54) is 24.1 Å². The summed E-state index contributed by atoms with van der Waals surface area (Å²) in [4.78, 5) is 0. The van der Waals surface area contributed by atoms with Crippen LogP contribution < -0.4 is 10.6 Å². The highest BCUT2D eigenvalue weighted by molar-refractivity contribution is 7.80. The molecule has 0 bridgehead atoms. The zero-order valence-electron chi connectivity index (χ0n) is 7.13. The van der Waals surface area contributed by atoms with Gasteiger partial charge >= 0.3 is 0 Å². The molecule has 0 atom stereocenters. The van der Waals surface area contributed by atoms with Gasteiger partial charge in [0.2, 0.25) is 0 Å². The van der Waals surface area contributed by atoms with Crippen LogP contribution in [0.25, 0.3) is 0 Å². The Morgan fingerprint density at radius 3 is 2.77 bits per heavy atom. The van der Waals surface area contributed by atoms with Crippen LogP contribution >= 0.6 is 12.2 Å². The summed E-state index contributed by atoms with van der Waals surface area (Å²) in [6.07, 6.45) is 2.40. The minimum absolute atomic E-state index is 0.179. The molecule has 0 amide bonds. The Balaban J connectivity index is 2.17. The minimum atomic E-state index is 0.179. The summed E-state index contributed by atoms with van der Waals surface area (Å²) in [6, 6.07) is 8.37. The van der Waals surface area contributed by atoms with E-state index < -0.39 is 0 Å². The molecule has 1 spiro atoms. The number of rotatable bonds is 0. The third-order valence-electron chi connectivity index (χ3n) is 2.79. The molecule has 0 saturated heterocycles. The fourth-order valence-corrected chi connectivity index (χ4v) is 2.27. The van der Waals surface area contributed by atoms with E-state index in [2.05, 4.69) is 28.8 Å². The van der Waals surface area contributed by atoms with Crippen LogP contribution in [-0.4, -0.2) is 5.11 Å². The molecule has 1 aromatic rings. The van der Waals surface area contributed by atoms with Crippen molar-refractivity contribution in [3.05, 3.63) is 29.8 Å². The highest BCUT2D eigenvalue weighted by Crippen LogP contribution is 2.49. The first-order chi connectivity index (χ1) is 6.30. The highest BCUT2D eigenvalue weighted by atomic mass is 32.1. The number of hydrogen-bond donors (Lipinski definition) is 2. The quantitative estimate of drug-likeness (QED) is 0.612. The van der Waals surface area contributed by atoms with Gasteiger partial charge in [0.05, 0.1) is 5.54 Å². The van der Waals surface area contributed by atoms with Crippen LogP contribution in [-0.2, 0) is 5.54 Å². The van der Waals surface area contributed by atoms with Crippen molar-refractivity contribution in [1.29, 1.82) is 0 Å². The molecule has 3 heteroatoms. The normalized spacial score (nSPS) is 21.7. The zero-order chi connectivity index (χ0) is 8.89. The van der Waals surface area contributed by atoms with Crippen molar-refractivity contribution >= 4 is 23.0 Å². The first kappa shape index (κ1) is 7.33. The summed E-state index contributed by atoms with van der Waals surface area (Å²) < 4.78 is 0. The number of hydrogen-bond acceptors (Lipinski definition) is 1. The number of nitrogens with one attached hydrogen (secondary N) is 2. The lowest BCUT2D eigenvalue weighted by Crippen LogP contribution is -2.42. The molecule has 0 unspecified atom stereocenters. The summed E-state index contributed by atoms with van der Waals surface area (Å²) in [5.41, 5.74) is 2.71. The van der Waals surface area contributed by atoms with Crippen molar-refractivity contribution in [2.75, 3.05) is 5.32 Å². The van der Waals surface area contributed by atoms with Gasteiger partial charge in [-0.05, 0) is 31.1 Å². The molecule has 1 aliphatic heterocycles. The molecule has 1 heterocycles. The number of benzene rings is 1.